The molecule has 0 unspecified atom stereocenters. The predicted octanol–water partition coefficient (Wildman–Crippen LogP) is 11.9. The minimum Gasteiger partial charge on any atom is -0.282 e. The van der Waals surface area contributed by atoms with Crippen LogP contribution in [0.25, 0.3) is 11.1 Å². The van der Waals surface area contributed by atoms with Crippen LogP contribution in [0.4, 0.5) is 0 Å². The smallest absolute Gasteiger partial charge is 0.282 e. The molecule has 1 heterocycles. The van der Waals surface area contributed by atoms with E-state index in [1.807, 2.05) is 11.3 Å². The molecule has 5 rings (SSSR count). The Morgan fingerprint density at radius 2 is 1.07 bits per heavy atom. The van der Waals surface area contributed by atoms with E-state index < -0.39 is 10.1 Å². The monoisotopic (exact) mass is 671 g/mol. The van der Waals surface area contributed by atoms with Crippen LogP contribution < -0.4 is 0 Å². The minimum absolute atomic E-state index is 0.0284. The van der Waals surface area contributed by atoms with E-state index in [1.165, 1.54) is 95.0 Å². The third-order valence-electron chi connectivity index (χ3n) is 7.90. The van der Waals surface area contributed by atoms with Gasteiger partial charge >= 0.3 is 0 Å². The molecule has 0 saturated heterocycles. The summed E-state index contributed by atoms with van der Waals surface area (Å²) in [7, 11) is -4.14. The third kappa shape index (κ3) is 11.6. The molecule has 6 heteroatoms. The number of rotatable bonds is 16. The van der Waals surface area contributed by atoms with Gasteiger partial charge in [0.25, 0.3) is 10.1 Å². The van der Waals surface area contributed by atoms with E-state index in [0.717, 1.165) is 18.4 Å². The fraction of sp³-hybridized carbons (Fsp3) is 0.300. The maximum Gasteiger partial charge on any atom is 0.294 e. The summed E-state index contributed by atoms with van der Waals surface area (Å²) in [5, 5.41) is 2.21. The highest BCUT2D eigenvalue weighted by Crippen LogP contribution is 2.40. The van der Waals surface area contributed by atoms with Crippen molar-refractivity contribution in [2.45, 2.75) is 96.4 Å². The highest BCUT2D eigenvalue weighted by molar-refractivity contribution is 7.99. The molecule has 5 aromatic rings. The second-order valence-electron chi connectivity index (χ2n) is 11.5. The molecule has 0 amide bonds. The van der Waals surface area contributed by atoms with E-state index in [-0.39, 0.29) is 15.8 Å². The molecule has 0 spiro atoms. The van der Waals surface area contributed by atoms with Gasteiger partial charge in [-0.3, -0.25) is 4.55 Å². The van der Waals surface area contributed by atoms with Gasteiger partial charge in [0.2, 0.25) is 4.21 Å². The van der Waals surface area contributed by atoms with Gasteiger partial charge in [-0.25, -0.2) is 0 Å². The molecule has 4 aromatic carbocycles. The van der Waals surface area contributed by atoms with Gasteiger partial charge in [-0.15, -0.1) is 0 Å². The Labute approximate surface area is 283 Å². The van der Waals surface area contributed by atoms with Gasteiger partial charge in [0, 0.05) is 5.56 Å². The highest BCUT2D eigenvalue weighted by atomic mass is 32.2. The average molecular weight is 672 g/mol. The standard InChI is InChI=1S/C22H17S2.C18H30O3S/c1-4-10-18(11-5-1)21-16-17-23-22(21)24(19-12-6-2-7-13-19)20-14-8-3-9-15-20;1-2-3-4-5-6-7-8-9-10-11-12-17-13-15-18(16-14-17)22(19,20)21/h1-17H;13-16H,2-12H2,1H3,(H,19,20,21)/q+1;. The van der Waals surface area contributed by atoms with Crippen LogP contribution in [0.5, 0.6) is 0 Å². The zero-order valence-electron chi connectivity index (χ0n) is 26.9. The van der Waals surface area contributed by atoms with Gasteiger partial charge < -0.3 is 0 Å². The average Bonchev–Trinajstić information content (AvgIpc) is 3.57. The van der Waals surface area contributed by atoms with Crippen molar-refractivity contribution in [1.82, 2.24) is 0 Å². The van der Waals surface area contributed by atoms with E-state index in [0.29, 0.717) is 0 Å². The third-order valence-corrected chi connectivity index (χ3v) is 12.3. The van der Waals surface area contributed by atoms with Gasteiger partial charge in [-0.1, -0.05) is 155 Å². The Bertz CT molecular complexity index is 1590. The van der Waals surface area contributed by atoms with Crippen LogP contribution in [0.2, 0.25) is 0 Å². The van der Waals surface area contributed by atoms with Crippen molar-refractivity contribution in [2.24, 2.45) is 0 Å². The summed E-state index contributed by atoms with van der Waals surface area (Å²) in [6, 6.07) is 41.1. The molecule has 1 N–H and O–H groups in total. The van der Waals surface area contributed by atoms with Gasteiger partial charge in [-0.2, -0.15) is 8.42 Å². The molecular weight excluding hydrogens is 625 g/mol. The van der Waals surface area contributed by atoms with E-state index in [2.05, 4.69) is 109 Å². The van der Waals surface area contributed by atoms with Crippen LogP contribution in [0.1, 0.15) is 76.7 Å². The molecule has 0 saturated carbocycles. The molecule has 0 fully saturated rings. The number of benzene rings is 4. The predicted molar refractivity (Wildman–Crippen MR) is 197 cm³/mol. The Balaban J connectivity index is 0.000000210. The lowest BCUT2D eigenvalue weighted by Crippen LogP contribution is -2.03. The fourth-order valence-corrected chi connectivity index (χ4v) is 9.61. The van der Waals surface area contributed by atoms with E-state index in [1.54, 1.807) is 12.1 Å². The number of hydrogen-bond donors (Lipinski definition) is 1. The van der Waals surface area contributed by atoms with Gasteiger partial charge in [0.05, 0.1) is 4.90 Å². The Morgan fingerprint density at radius 3 is 1.57 bits per heavy atom. The van der Waals surface area contributed by atoms with E-state index >= 15 is 0 Å². The second-order valence-corrected chi connectivity index (χ2v) is 16.0. The van der Waals surface area contributed by atoms with Crippen LogP contribution in [0.3, 0.4) is 0 Å². The molecule has 46 heavy (non-hydrogen) atoms. The molecule has 1 aromatic heterocycles. The first-order valence-electron chi connectivity index (χ1n) is 16.5. The first-order valence-corrected chi connectivity index (χ1v) is 20.1. The summed E-state index contributed by atoms with van der Waals surface area (Å²) >= 11 is 1.85. The van der Waals surface area contributed by atoms with Crippen molar-refractivity contribution < 1.29 is 13.0 Å². The summed E-state index contributed by atoms with van der Waals surface area (Å²) in [5.74, 6) is 0. The molecule has 242 valence electrons. The van der Waals surface area contributed by atoms with Crippen molar-refractivity contribution in [3.05, 3.63) is 132 Å². The summed E-state index contributed by atoms with van der Waals surface area (Å²) in [6.07, 6.45) is 14.1. The highest BCUT2D eigenvalue weighted by Gasteiger charge is 2.32. The Hall–Kier alpha value is -3.16. The number of thiophene rings is 1. The summed E-state index contributed by atoms with van der Waals surface area (Å²) in [6.45, 7) is 2.25. The van der Waals surface area contributed by atoms with E-state index in [4.69, 9.17) is 4.55 Å². The van der Waals surface area contributed by atoms with Crippen LogP contribution in [-0.4, -0.2) is 13.0 Å². The summed E-state index contributed by atoms with van der Waals surface area (Å²) in [5.41, 5.74) is 3.77. The van der Waals surface area contributed by atoms with Crippen molar-refractivity contribution in [3.8, 4) is 11.1 Å². The molecule has 0 aliphatic heterocycles. The summed E-state index contributed by atoms with van der Waals surface area (Å²) < 4.78 is 32.2. The van der Waals surface area contributed by atoms with Crippen LogP contribution in [0.15, 0.2) is 146 Å². The molecule has 3 nitrogen and oxygen atoms in total. The topological polar surface area (TPSA) is 54.4 Å². The largest absolute Gasteiger partial charge is 0.294 e. The van der Waals surface area contributed by atoms with Gasteiger partial charge in [0.1, 0.15) is 10.9 Å². The van der Waals surface area contributed by atoms with Crippen molar-refractivity contribution in [3.63, 3.8) is 0 Å². The van der Waals surface area contributed by atoms with Crippen LogP contribution in [0, 0.1) is 0 Å². The van der Waals surface area contributed by atoms with Crippen molar-refractivity contribution >= 4 is 32.3 Å². The Morgan fingerprint density at radius 1 is 0.587 bits per heavy atom. The molecule has 0 aliphatic rings. The number of hydrogen-bond acceptors (Lipinski definition) is 3. The second kappa shape index (κ2) is 19.5. The number of unbranched alkanes of at least 4 members (excludes halogenated alkanes) is 9. The maximum atomic E-state index is 10.9. The molecule has 0 radical (unpaired) electrons. The van der Waals surface area contributed by atoms with Crippen molar-refractivity contribution in [2.75, 3.05) is 0 Å². The lowest BCUT2D eigenvalue weighted by molar-refractivity contribution is 0.483. The lowest BCUT2D eigenvalue weighted by atomic mass is 10.0. The van der Waals surface area contributed by atoms with Crippen molar-refractivity contribution in [1.29, 1.82) is 0 Å². The maximum absolute atomic E-state index is 10.9. The fourth-order valence-electron chi connectivity index (χ4n) is 5.39. The molecule has 0 aliphatic carbocycles. The van der Waals surface area contributed by atoms with E-state index in [9.17, 15) is 8.42 Å². The first kappa shape index (κ1) is 35.7. The van der Waals surface area contributed by atoms with Gasteiger partial charge in [0.15, 0.2) is 9.79 Å². The SMILES string of the molecule is CCCCCCCCCCCCc1ccc(S(=O)(=O)O)cc1.c1ccc(-c2ccsc2[S+](c2ccccc2)c2ccccc2)cc1. The lowest BCUT2D eigenvalue weighted by Gasteiger charge is -2.08. The minimum atomic E-state index is -4.06. The zero-order chi connectivity index (χ0) is 32.5. The number of aryl methyl sites for hydroxylation is 1. The summed E-state index contributed by atoms with van der Waals surface area (Å²) in [4.78, 5) is 2.70. The molecule has 0 atom stereocenters. The normalized spacial score (nSPS) is 11.3. The van der Waals surface area contributed by atoms with Gasteiger partial charge in [-0.05, 0) is 71.8 Å². The Kier molecular flexibility index (Phi) is 15.1. The van der Waals surface area contributed by atoms with Crippen LogP contribution in [-0.2, 0) is 27.4 Å². The molecular formula is C40H47O3S3+. The molecule has 0 bridgehead atoms. The first-order chi connectivity index (χ1) is 22.5. The quantitative estimate of drug-likeness (QED) is 0.0645. The zero-order valence-corrected chi connectivity index (χ0v) is 29.3. The van der Waals surface area contributed by atoms with Crippen LogP contribution >= 0.6 is 11.3 Å².